The quantitative estimate of drug-likeness (QED) is 0.124. The number of amides is 4. The molecule has 1 aromatic heterocycles. The molecule has 2 aliphatic rings. The first-order valence-corrected chi connectivity index (χ1v) is 10.5. The van der Waals surface area contributed by atoms with Crippen molar-refractivity contribution in [3.05, 3.63) is 34.5 Å². The third kappa shape index (κ3) is 4.46. The van der Waals surface area contributed by atoms with Crippen LogP contribution in [-0.4, -0.2) is 73.4 Å². The van der Waals surface area contributed by atoms with Gasteiger partial charge in [0.1, 0.15) is 22.8 Å². The number of thioether (sulfide) groups is 1. The molecule has 3 rings (SSSR count). The number of aromatic nitrogens is 1. The van der Waals surface area contributed by atoms with Gasteiger partial charge in [-0.15, -0.1) is 23.1 Å². The van der Waals surface area contributed by atoms with E-state index in [4.69, 9.17) is 11.5 Å². The first-order chi connectivity index (χ1) is 14.7. The van der Waals surface area contributed by atoms with Crippen LogP contribution in [-0.2, 0) is 14.4 Å². The summed E-state index contributed by atoms with van der Waals surface area (Å²) in [5, 5.41) is 27.4. The largest absolute Gasteiger partial charge is 0.477 e. The minimum Gasteiger partial charge on any atom is -0.477 e. The van der Waals surface area contributed by atoms with Crippen LogP contribution in [0.15, 0.2) is 34.0 Å². The first kappa shape index (κ1) is 22.1. The molecule has 0 unspecified atom stereocenters. The van der Waals surface area contributed by atoms with Crippen LogP contribution in [0, 0.1) is 0 Å². The van der Waals surface area contributed by atoms with Crippen molar-refractivity contribution in [1.29, 1.82) is 0 Å². The van der Waals surface area contributed by atoms with E-state index in [1.54, 1.807) is 0 Å². The lowest BCUT2D eigenvalue weighted by Gasteiger charge is -2.49. The molecule has 2 atom stereocenters. The molecule has 0 aromatic carbocycles. The summed E-state index contributed by atoms with van der Waals surface area (Å²) < 4.78 is 0. The summed E-state index contributed by atoms with van der Waals surface area (Å²) in [6, 6.07) is -1.74. The van der Waals surface area contributed by atoms with E-state index in [1.165, 1.54) is 29.3 Å². The fourth-order valence-electron chi connectivity index (χ4n) is 2.95. The summed E-state index contributed by atoms with van der Waals surface area (Å²) in [5.41, 5.74) is 10.3. The highest BCUT2D eigenvalue weighted by atomic mass is 32.2. The Balaban J connectivity index is 1.74. The summed E-state index contributed by atoms with van der Waals surface area (Å²) in [7, 11) is 0. The van der Waals surface area contributed by atoms with Crippen molar-refractivity contribution in [1.82, 2.24) is 20.5 Å². The van der Waals surface area contributed by atoms with Crippen LogP contribution in [0.5, 0.6) is 0 Å². The SMILES string of the molecule is NC(=O)NCC=CC1=C(C(=O)O)N2C(=O)[C@@H](NC(=O)C(=NO)c3csc(N)n3)[C@H]2SC1. The highest BCUT2D eigenvalue weighted by Gasteiger charge is 2.54. The van der Waals surface area contributed by atoms with E-state index >= 15 is 0 Å². The van der Waals surface area contributed by atoms with Crippen LogP contribution < -0.4 is 22.1 Å². The second-order valence-corrected chi connectivity index (χ2v) is 8.20. The van der Waals surface area contributed by atoms with Gasteiger partial charge in [-0.25, -0.2) is 14.6 Å². The van der Waals surface area contributed by atoms with Crippen molar-refractivity contribution in [2.75, 3.05) is 18.0 Å². The van der Waals surface area contributed by atoms with Gasteiger partial charge in [0.15, 0.2) is 10.8 Å². The molecule has 1 aromatic rings. The molecule has 0 radical (unpaired) electrons. The molecule has 164 valence electrons. The second kappa shape index (κ2) is 9.05. The molecule has 3 heterocycles. The third-order valence-electron chi connectivity index (χ3n) is 4.28. The molecule has 1 fully saturated rings. The minimum absolute atomic E-state index is 0.0468. The van der Waals surface area contributed by atoms with E-state index in [-0.39, 0.29) is 28.8 Å². The number of carboxylic acids is 1. The zero-order valence-electron chi connectivity index (χ0n) is 15.6. The van der Waals surface area contributed by atoms with E-state index in [9.17, 15) is 29.5 Å². The maximum absolute atomic E-state index is 12.6. The number of rotatable bonds is 7. The summed E-state index contributed by atoms with van der Waals surface area (Å²) in [5.74, 6) is -2.53. The van der Waals surface area contributed by atoms with Gasteiger partial charge in [-0.05, 0) is 5.57 Å². The van der Waals surface area contributed by atoms with Crippen LogP contribution in [0.1, 0.15) is 5.69 Å². The molecular formula is C16H17N7O6S2. The Morgan fingerprint density at radius 2 is 2.16 bits per heavy atom. The van der Waals surface area contributed by atoms with Crippen molar-refractivity contribution in [3.63, 3.8) is 0 Å². The van der Waals surface area contributed by atoms with E-state index < -0.39 is 40.9 Å². The Morgan fingerprint density at radius 1 is 1.42 bits per heavy atom. The number of hydrogen-bond donors (Lipinski definition) is 6. The Hall–Kier alpha value is -3.59. The molecule has 31 heavy (non-hydrogen) atoms. The van der Waals surface area contributed by atoms with Crippen molar-refractivity contribution < 1.29 is 29.5 Å². The van der Waals surface area contributed by atoms with Gasteiger partial charge in [0.2, 0.25) is 0 Å². The Kier molecular flexibility index (Phi) is 6.45. The maximum Gasteiger partial charge on any atom is 0.352 e. The van der Waals surface area contributed by atoms with Gasteiger partial charge in [0, 0.05) is 17.7 Å². The lowest BCUT2D eigenvalue weighted by molar-refractivity contribution is -0.150. The third-order valence-corrected chi connectivity index (χ3v) is 6.26. The van der Waals surface area contributed by atoms with Crippen molar-refractivity contribution >= 4 is 57.8 Å². The van der Waals surface area contributed by atoms with E-state index in [2.05, 4.69) is 20.8 Å². The molecule has 4 amide bonds. The van der Waals surface area contributed by atoms with Gasteiger partial charge in [-0.3, -0.25) is 14.5 Å². The average Bonchev–Trinajstić information content (AvgIpc) is 3.14. The molecule has 1 saturated heterocycles. The highest BCUT2D eigenvalue weighted by Crippen LogP contribution is 2.40. The number of nitrogen functional groups attached to an aromatic ring is 1. The number of urea groups is 1. The maximum atomic E-state index is 12.6. The Bertz CT molecular complexity index is 1030. The predicted molar refractivity (Wildman–Crippen MR) is 111 cm³/mol. The zero-order chi connectivity index (χ0) is 22.7. The molecular weight excluding hydrogens is 450 g/mol. The number of hydrogen-bond acceptors (Lipinski definition) is 10. The highest BCUT2D eigenvalue weighted by molar-refractivity contribution is 8.00. The topological polar surface area (TPSA) is 213 Å². The van der Waals surface area contributed by atoms with Crippen LogP contribution in [0.3, 0.4) is 0 Å². The second-order valence-electron chi connectivity index (χ2n) is 6.21. The van der Waals surface area contributed by atoms with Crippen LogP contribution in [0.2, 0.25) is 0 Å². The number of thiazole rings is 1. The molecule has 0 spiro atoms. The lowest BCUT2D eigenvalue weighted by atomic mass is 10.0. The number of allylic oxidation sites excluding steroid dienone is 1. The number of fused-ring (bicyclic) bond motifs is 1. The molecule has 15 heteroatoms. The number of nitrogens with two attached hydrogens (primary N) is 2. The average molecular weight is 467 g/mol. The number of anilines is 1. The summed E-state index contributed by atoms with van der Waals surface area (Å²) in [4.78, 5) is 52.5. The van der Waals surface area contributed by atoms with Gasteiger partial charge in [0.05, 0.1) is 0 Å². The van der Waals surface area contributed by atoms with Gasteiger partial charge in [-0.2, -0.15) is 0 Å². The summed E-state index contributed by atoms with van der Waals surface area (Å²) in [6.45, 7) is 0.0941. The zero-order valence-corrected chi connectivity index (χ0v) is 17.3. The van der Waals surface area contributed by atoms with Crippen LogP contribution in [0.4, 0.5) is 9.93 Å². The van der Waals surface area contributed by atoms with E-state index in [0.717, 1.165) is 16.2 Å². The van der Waals surface area contributed by atoms with E-state index in [1.807, 2.05) is 0 Å². The number of primary amides is 1. The number of carboxylic acid groups (broad SMARTS) is 1. The Morgan fingerprint density at radius 3 is 2.74 bits per heavy atom. The van der Waals surface area contributed by atoms with Crippen molar-refractivity contribution in [2.45, 2.75) is 11.4 Å². The van der Waals surface area contributed by atoms with Gasteiger partial charge in [-0.1, -0.05) is 17.3 Å². The lowest BCUT2D eigenvalue weighted by Crippen LogP contribution is -2.71. The molecule has 13 nitrogen and oxygen atoms in total. The normalized spacial score (nSPS) is 21.0. The first-order valence-electron chi connectivity index (χ1n) is 8.59. The predicted octanol–water partition coefficient (Wildman–Crippen LogP) is -1.13. The standard InChI is InChI=1S/C16H17N7O6S2/c17-15(28)19-3-1-2-6-4-30-13-9(12(25)23(13)10(6)14(26)27)21-11(24)8(22-29)7-5-31-16(18)20-7/h1-2,5,9,13,29H,3-4H2,(H2,18,20)(H,21,24)(H,26,27)(H3,17,19,28)/t9-,13-/m1/s1. The smallest absolute Gasteiger partial charge is 0.352 e. The van der Waals surface area contributed by atoms with Gasteiger partial charge >= 0.3 is 12.0 Å². The van der Waals surface area contributed by atoms with Crippen LogP contribution in [0.25, 0.3) is 0 Å². The number of nitrogens with zero attached hydrogens (tertiary/aromatic N) is 3. The summed E-state index contributed by atoms with van der Waals surface area (Å²) in [6.07, 6.45) is 3.00. The molecule has 0 saturated carbocycles. The number of aliphatic carboxylic acids is 1. The molecule has 0 bridgehead atoms. The van der Waals surface area contributed by atoms with Crippen LogP contribution >= 0.6 is 23.1 Å². The summed E-state index contributed by atoms with van der Waals surface area (Å²) >= 11 is 2.29. The Labute approximate surface area is 182 Å². The number of β-lactam (4-membered cyclic amide) rings is 1. The minimum atomic E-state index is -1.30. The number of carbonyl (C=O) groups is 4. The van der Waals surface area contributed by atoms with Crippen molar-refractivity contribution in [3.8, 4) is 0 Å². The van der Waals surface area contributed by atoms with E-state index in [0.29, 0.717) is 5.57 Å². The monoisotopic (exact) mass is 467 g/mol. The number of carbonyl (C=O) groups excluding carboxylic acids is 3. The molecule has 8 N–H and O–H groups in total. The molecule has 0 aliphatic carbocycles. The fraction of sp³-hybridized carbons (Fsp3) is 0.250. The van der Waals surface area contributed by atoms with Gasteiger partial charge < -0.3 is 32.4 Å². The molecule has 2 aliphatic heterocycles. The van der Waals surface area contributed by atoms with Crippen molar-refractivity contribution in [2.24, 2.45) is 10.9 Å². The number of nitrogens with one attached hydrogen (secondary N) is 2. The fourth-order valence-corrected chi connectivity index (χ4v) is 4.82. The van der Waals surface area contributed by atoms with Gasteiger partial charge in [0.25, 0.3) is 11.8 Å². The number of oxime groups is 1.